The molecule has 0 saturated carbocycles. The third-order valence-electron chi connectivity index (χ3n) is 2.26. The van der Waals surface area contributed by atoms with Gasteiger partial charge in [-0.15, -0.1) is 24.0 Å². The molecule has 0 aromatic carbocycles. The molecule has 1 atom stereocenters. The van der Waals surface area contributed by atoms with Crippen LogP contribution < -0.4 is 11.1 Å². The van der Waals surface area contributed by atoms with Crippen molar-refractivity contribution < 1.29 is 9.47 Å². The first-order valence-corrected chi connectivity index (χ1v) is 5.94. The fourth-order valence-corrected chi connectivity index (χ4v) is 1.50. The molecule has 1 unspecified atom stereocenters. The summed E-state index contributed by atoms with van der Waals surface area (Å²) in [6.45, 7) is 7.07. The van der Waals surface area contributed by atoms with E-state index in [0.29, 0.717) is 18.5 Å². The van der Waals surface area contributed by atoms with Crippen LogP contribution in [0.1, 0.15) is 26.7 Å². The molecular formula is C11H24IN3O2. The zero-order chi connectivity index (χ0) is 11.8. The molecule has 0 aliphatic carbocycles. The maximum absolute atomic E-state index is 5.66. The van der Waals surface area contributed by atoms with Crippen LogP contribution in [0.5, 0.6) is 0 Å². The van der Waals surface area contributed by atoms with Crippen molar-refractivity contribution in [2.75, 3.05) is 26.4 Å². The normalized spacial score (nSPS) is 20.4. The fraction of sp³-hybridized carbons (Fsp3) is 0.909. The number of hydrogen-bond donors (Lipinski definition) is 2. The van der Waals surface area contributed by atoms with E-state index >= 15 is 0 Å². The third-order valence-corrected chi connectivity index (χ3v) is 2.26. The second-order valence-electron chi connectivity index (χ2n) is 4.28. The Morgan fingerprint density at radius 3 is 2.94 bits per heavy atom. The van der Waals surface area contributed by atoms with E-state index < -0.39 is 0 Å². The number of guanidine groups is 1. The van der Waals surface area contributed by atoms with E-state index in [1.54, 1.807) is 0 Å². The van der Waals surface area contributed by atoms with Crippen molar-refractivity contribution >= 4 is 29.9 Å². The molecule has 1 aliphatic rings. The Balaban J connectivity index is 0.00000256. The van der Waals surface area contributed by atoms with Crippen molar-refractivity contribution in [2.45, 2.75) is 38.8 Å². The van der Waals surface area contributed by atoms with Gasteiger partial charge in [-0.3, -0.25) is 4.99 Å². The summed E-state index contributed by atoms with van der Waals surface area (Å²) in [4.78, 5) is 4.20. The molecule has 1 heterocycles. The summed E-state index contributed by atoms with van der Waals surface area (Å²) < 4.78 is 10.8. The van der Waals surface area contributed by atoms with E-state index in [-0.39, 0.29) is 30.1 Å². The molecule has 1 rings (SSSR count). The van der Waals surface area contributed by atoms with Crippen molar-refractivity contribution in [2.24, 2.45) is 10.7 Å². The van der Waals surface area contributed by atoms with E-state index in [0.717, 1.165) is 32.7 Å². The quantitative estimate of drug-likeness (QED) is 0.324. The van der Waals surface area contributed by atoms with Crippen molar-refractivity contribution in [1.29, 1.82) is 0 Å². The van der Waals surface area contributed by atoms with E-state index in [1.807, 2.05) is 13.8 Å². The number of nitrogens with two attached hydrogens (primary N) is 1. The predicted octanol–water partition coefficient (Wildman–Crippen LogP) is 1.11. The van der Waals surface area contributed by atoms with E-state index in [1.165, 1.54) is 0 Å². The lowest BCUT2D eigenvalue weighted by molar-refractivity contribution is 0.0424. The molecule has 5 nitrogen and oxygen atoms in total. The van der Waals surface area contributed by atoms with Gasteiger partial charge in [0.15, 0.2) is 5.96 Å². The first-order valence-electron chi connectivity index (χ1n) is 5.94. The van der Waals surface area contributed by atoms with Crippen molar-refractivity contribution in [1.82, 2.24) is 5.32 Å². The lowest BCUT2D eigenvalue weighted by Gasteiger charge is -2.10. The largest absolute Gasteiger partial charge is 0.379 e. The minimum Gasteiger partial charge on any atom is -0.379 e. The number of rotatable bonds is 6. The summed E-state index contributed by atoms with van der Waals surface area (Å²) in [5.41, 5.74) is 5.66. The maximum atomic E-state index is 5.66. The summed E-state index contributed by atoms with van der Waals surface area (Å²) in [6.07, 6.45) is 2.20. The molecular weight excluding hydrogens is 333 g/mol. The Hall–Kier alpha value is -0.0800. The average Bonchev–Trinajstić information content (AvgIpc) is 2.68. The van der Waals surface area contributed by atoms with Crippen molar-refractivity contribution in [3.05, 3.63) is 0 Å². The highest BCUT2D eigenvalue weighted by atomic mass is 127. The van der Waals surface area contributed by atoms with Crippen LogP contribution in [0.25, 0.3) is 0 Å². The molecule has 0 radical (unpaired) electrons. The first-order chi connectivity index (χ1) is 7.68. The van der Waals surface area contributed by atoms with Gasteiger partial charge >= 0.3 is 0 Å². The summed E-state index contributed by atoms with van der Waals surface area (Å²) >= 11 is 0. The zero-order valence-electron chi connectivity index (χ0n) is 10.6. The molecule has 6 heteroatoms. The number of aliphatic imine (C=N–C) groups is 1. The minimum absolute atomic E-state index is 0. The monoisotopic (exact) mass is 357 g/mol. The Bertz CT molecular complexity index is 219. The number of ether oxygens (including phenoxy) is 2. The third kappa shape index (κ3) is 8.62. The van der Waals surface area contributed by atoms with Crippen LogP contribution in [0.15, 0.2) is 4.99 Å². The number of nitrogens with zero attached hydrogens (tertiary/aromatic N) is 1. The highest BCUT2D eigenvalue weighted by Crippen LogP contribution is 2.07. The second-order valence-corrected chi connectivity index (χ2v) is 4.28. The summed E-state index contributed by atoms with van der Waals surface area (Å²) in [5.74, 6) is 0.513. The molecule has 0 spiro atoms. The molecule has 1 fully saturated rings. The summed E-state index contributed by atoms with van der Waals surface area (Å²) in [6, 6.07) is 0.329. The van der Waals surface area contributed by atoms with Gasteiger partial charge in [-0.25, -0.2) is 0 Å². The standard InChI is InChI=1S/C11H23N3O2.HI/c1-9(2)14-11(12)13-5-3-6-16-10-4-7-15-8-10;/h9-10H,3-8H2,1-2H3,(H3,12,13,14);1H. The van der Waals surface area contributed by atoms with Crippen LogP contribution in [-0.2, 0) is 9.47 Å². The highest BCUT2D eigenvalue weighted by Gasteiger charge is 2.14. The predicted molar refractivity (Wildman–Crippen MR) is 80.0 cm³/mol. The van der Waals surface area contributed by atoms with Crippen molar-refractivity contribution in [3.8, 4) is 0 Å². The van der Waals surface area contributed by atoms with Gasteiger partial charge in [0.25, 0.3) is 0 Å². The van der Waals surface area contributed by atoms with Gasteiger partial charge in [-0.2, -0.15) is 0 Å². The lowest BCUT2D eigenvalue weighted by atomic mass is 10.3. The van der Waals surface area contributed by atoms with Gasteiger partial charge in [0.1, 0.15) is 0 Å². The second kappa shape index (κ2) is 9.90. The number of hydrogen-bond acceptors (Lipinski definition) is 3. The lowest BCUT2D eigenvalue weighted by Crippen LogP contribution is -2.36. The van der Waals surface area contributed by atoms with E-state index in [9.17, 15) is 0 Å². The van der Waals surface area contributed by atoms with Gasteiger partial charge in [-0.05, 0) is 26.7 Å². The first kappa shape index (κ1) is 16.9. The summed E-state index contributed by atoms with van der Waals surface area (Å²) in [5, 5.41) is 3.04. The molecule has 0 aromatic heterocycles. The SMILES string of the molecule is CC(C)NC(N)=NCCCOC1CCOC1.I. The highest BCUT2D eigenvalue weighted by molar-refractivity contribution is 14.0. The van der Waals surface area contributed by atoms with Gasteiger partial charge in [0, 0.05) is 25.8 Å². The topological polar surface area (TPSA) is 68.9 Å². The molecule has 102 valence electrons. The average molecular weight is 357 g/mol. The molecule has 1 aliphatic heterocycles. The van der Waals surface area contributed by atoms with Gasteiger partial charge in [0.2, 0.25) is 0 Å². The minimum atomic E-state index is 0. The van der Waals surface area contributed by atoms with Gasteiger partial charge in [0.05, 0.1) is 12.7 Å². The Kier molecular flexibility index (Phi) is 9.85. The van der Waals surface area contributed by atoms with E-state index in [2.05, 4.69) is 10.3 Å². The van der Waals surface area contributed by atoms with Gasteiger partial charge in [-0.1, -0.05) is 0 Å². The Morgan fingerprint density at radius 2 is 2.35 bits per heavy atom. The fourth-order valence-electron chi connectivity index (χ4n) is 1.50. The van der Waals surface area contributed by atoms with Crippen LogP contribution in [0.2, 0.25) is 0 Å². The summed E-state index contributed by atoms with van der Waals surface area (Å²) in [7, 11) is 0. The van der Waals surface area contributed by atoms with Crippen LogP contribution in [0.4, 0.5) is 0 Å². The Labute approximate surface area is 121 Å². The maximum Gasteiger partial charge on any atom is 0.188 e. The van der Waals surface area contributed by atoms with E-state index in [4.69, 9.17) is 15.2 Å². The van der Waals surface area contributed by atoms with Crippen molar-refractivity contribution in [3.63, 3.8) is 0 Å². The van der Waals surface area contributed by atoms with Crippen LogP contribution in [-0.4, -0.2) is 44.5 Å². The molecule has 1 saturated heterocycles. The number of nitrogens with one attached hydrogen (secondary N) is 1. The van der Waals surface area contributed by atoms with Crippen LogP contribution >= 0.6 is 24.0 Å². The molecule has 0 bridgehead atoms. The molecule has 0 amide bonds. The molecule has 17 heavy (non-hydrogen) atoms. The van der Waals surface area contributed by atoms with Crippen LogP contribution in [0.3, 0.4) is 0 Å². The number of halogens is 1. The zero-order valence-corrected chi connectivity index (χ0v) is 13.0. The molecule has 3 N–H and O–H groups in total. The molecule has 0 aromatic rings. The van der Waals surface area contributed by atoms with Crippen LogP contribution in [0, 0.1) is 0 Å². The van der Waals surface area contributed by atoms with Gasteiger partial charge < -0.3 is 20.5 Å². The smallest absolute Gasteiger partial charge is 0.188 e. The Morgan fingerprint density at radius 1 is 1.59 bits per heavy atom.